The maximum absolute atomic E-state index is 14.9. The van der Waals surface area contributed by atoms with E-state index < -0.39 is 11.7 Å². The molecule has 20 heavy (non-hydrogen) atoms. The molecule has 0 aromatic carbocycles. The molecule has 2 atom stereocenters. The van der Waals surface area contributed by atoms with Crippen LogP contribution in [0.25, 0.3) is 11.0 Å². The Morgan fingerprint density at radius 3 is 2.80 bits per heavy atom. The van der Waals surface area contributed by atoms with Gasteiger partial charge in [0.25, 0.3) is 0 Å². The zero-order valence-electron chi connectivity index (χ0n) is 12.4. The van der Waals surface area contributed by atoms with Gasteiger partial charge in [0.05, 0.1) is 12.2 Å². The fourth-order valence-electron chi connectivity index (χ4n) is 3.50. The van der Waals surface area contributed by atoms with Crippen LogP contribution >= 0.6 is 0 Å². The lowest BCUT2D eigenvalue weighted by Gasteiger charge is -2.49. The van der Waals surface area contributed by atoms with Crippen molar-refractivity contribution in [2.24, 2.45) is 0 Å². The number of rotatable bonds is 1. The Kier molecular flexibility index (Phi) is 2.87. The Balaban J connectivity index is 2.08. The molecule has 5 heteroatoms. The summed E-state index contributed by atoms with van der Waals surface area (Å²) in [6.07, 6.45) is 3.33. The lowest BCUT2D eigenvalue weighted by Crippen LogP contribution is -2.64. The Bertz CT molecular complexity index is 632. The molecule has 1 saturated heterocycles. The van der Waals surface area contributed by atoms with Crippen molar-refractivity contribution in [3.8, 4) is 0 Å². The molecule has 4 nitrogen and oxygen atoms in total. The van der Waals surface area contributed by atoms with Crippen LogP contribution in [0.3, 0.4) is 0 Å². The Hall–Kier alpha value is -1.49. The first kappa shape index (κ1) is 13.5. The van der Waals surface area contributed by atoms with Gasteiger partial charge >= 0.3 is 0 Å². The molecule has 0 saturated carbocycles. The monoisotopic (exact) mass is 276 g/mol. The summed E-state index contributed by atoms with van der Waals surface area (Å²) in [5.74, 6) is 0. The molecular weight excluding hydrogens is 255 g/mol. The van der Waals surface area contributed by atoms with Gasteiger partial charge < -0.3 is 9.88 Å². The first-order valence-corrected chi connectivity index (χ1v) is 7.02. The highest BCUT2D eigenvalue weighted by atomic mass is 19.1. The van der Waals surface area contributed by atoms with Crippen molar-refractivity contribution in [1.29, 1.82) is 0 Å². The number of nitrogens with one attached hydrogen (secondary N) is 1. The fraction of sp³-hybridized carbons (Fsp3) is 0.600. The van der Waals surface area contributed by atoms with Gasteiger partial charge in [0.1, 0.15) is 6.17 Å². The van der Waals surface area contributed by atoms with Crippen molar-refractivity contribution in [1.82, 2.24) is 20.1 Å². The summed E-state index contributed by atoms with van der Waals surface area (Å²) < 4.78 is 16.9. The highest BCUT2D eigenvalue weighted by molar-refractivity contribution is 5.75. The zero-order valence-corrected chi connectivity index (χ0v) is 12.4. The fourth-order valence-corrected chi connectivity index (χ4v) is 3.50. The third kappa shape index (κ3) is 2.10. The number of halogens is 1. The minimum Gasteiger partial charge on any atom is -0.325 e. The molecule has 0 amide bonds. The van der Waals surface area contributed by atoms with Crippen LogP contribution in [-0.4, -0.2) is 32.0 Å². The summed E-state index contributed by atoms with van der Waals surface area (Å²) in [5.41, 5.74) is 0.0782. The van der Waals surface area contributed by atoms with Gasteiger partial charge in [-0.3, -0.25) is 0 Å². The average molecular weight is 276 g/mol. The standard InChI is InChI=1S/C15H21FN4/c1-14(2)9-11(12(16)15(3,4)19-14)20-8-6-10-5-7-17-18-13(10)20/h5-8,11-12,19H,9H2,1-4H3/t11-,12-/m0/s1. The van der Waals surface area contributed by atoms with Gasteiger partial charge in [-0.2, -0.15) is 5.10 Å². The third-order valence-corrected chi connectivity index (χ3v) is 4.16. The average Bonchev–Trinajstić information content (AvgIpc) is 2.76. The number of aromatic nitrogens is 3. The van der Waals surface area contributed by atoms with Gasteiger partial charge in [0.2, 0.25) is 0 Å². The van der Waals surface area contributed by atoms with Crippen molar-refractivity contribution in [2.45, 2.75) is 57.4 Å². The third-order valence-electron chi connectivity index (χ3n) is 4.16. The predicted molar refractivity (Wildman–Crippen MR) is 77.4 cm³/mol. The predicted octanol–water partition coefficient (Wildman–Crippen LogP) is 2.86. The number of hydrogen-bond donors (Lipinski definition) is 1. The van der Waals surface area contributed by atoms with Gasteiger partial charge in [0.15, 0.2) is 5.65 Å². The van der Waals surface area contributed by atoms with E-state index >= 15 is 0 Å². The molecule has 0 spiro atoms. The molecule has 0 bridgehead atoms. The first-order chi connectivity index (χ1) is 9.30. The minimum absolute atomic E-state index is 0.116. The normalized spacial score (nSPS) is 28.6. The Labute approximate surface area is 118 Å². The van der Waals surface area contributed by atoms with Crippen LogP contribution in [0, 0.1) is 0 Å². The maximum Gasteiger partial charge on any atom is 0.162 e. The van der Waals surface area contributed by atoms with Crippen molar-refractivity contribution in [3.05, 3.63) is 24.5 Å². The SMILES string of the molecule is CC1(C)C[C@H](n2ccc3ccnnc32)[C@H](F)C(C)(C)N1. The second-order valence-corrected chi connectivity index (χ2v) is 6.94. The smallest absolute Gasteiger partial charge is 0.162 e. The molecule has 1 fully saturated rings. The van der Waals surface area contributed by atoms with Crippen molar-refractivity contribution < 1.29 is 4.39 Å². The quantitative estimate of drug-likeness (QED) is 0.871. The second-order valence-electron chi connectivity index (χ2n) is 6.94. The topological polar surface area (TPSA) is 42.7 Å². The largest absolute Gasteiger partial charge is 0.325 e. The van der Waals surface area contributed by atoms with Crippen molar-refractivity contribution >= 4 is 11.0 Å². The summed E-state index contributed by atoms with van der Waals surface area (Å²) in [6, 6.07) is 3.65. The molecule has 108 valence electrons. The molecular formula is C15H21FN4. The molecule has 3 rings (SSSR count). The van der Waals surface area contributed by atoms with E-state index in [-0.39, 0.29) is 11.6 Å². The molecule has 2 aromatic rings. The summed E-state index contributed by atoms with van der Waals surface area (Å²) in [5, 5.41) is 12.5. The molecule has 2 aromatic heterocycles. The van der Waals surface area contributed by atoms with Crippen LogP contribution in [0.2, 0.25) is 0 Å². The molecule has 0 radical (unpaired) electrons. The van der Waals surface area contributed by atoms with Crippen LogP contribution in [0.15, 0.2) is 24.5 Å². The van der Waals surface area contributed by atoms with Gasteiger partial charge in [0, 0.05) is 22.7 Å². The number of alkyl halides is 1. The van der Waals surface area contributed by atoms with Gasteiger partial charge in [-0.05, 0) is 46.2 Å². The summed E-state index contributed by atoms with van der Waals surface area (Å²) in [7, 11) is 0. The lowest BCUT2D eigenvalue weighted by molar-refractivity contribution is 0.0313. The van der Waals surface area contributed by atoms with Gasteiger partial charge in [-0.1, -0.05) is 0 Å². The van der Waals surface area contributed by atoms with Crippen molar-refractivity contribution in [2.75, 3.05) is 0 Å². The van der Waals surface area contributed by atoms with E-state index in [1.54, 1.807) is 6.20 Å². The Morgan fingerprint density at radius 1 is 1.30 bits per heavy atom. The van der Waals surface area contributed by atoms with E-state index in [2.05, 4.69) is 29.4 Å². The number of nitrogens with zero attached hydrogens (tertiary/aromatic N) is 3. The number of fused-ring (bicyclic) bond motifs is 1. The van der Waals surface area contributed by atoms with Crippen LogP contribution in [0.5, 0.6) is 0 Å². The zero-order chi connectivity index (χ0) is 14.5. The molecule has 1 aliphatic heterocycles. The number of piperidine rings is 1. The van der Waals surface area contributed by atoms with Crippen LogP contribution < -0.4 is 5.32 Å². The van der Waals surface area contributed by atoms with E-state index in [0.717, 1.165) is 17.5 Å². The van der Waals surface area contributed by atoms with E-state index in [1.807, 2.05) is 36.7 Å². The van der Waals surface area contributed by atoms with Crippen LogP contribution in [-0.2, 0) is 0 Å². The maximum atomic E-state index is 14.9. The Morgan fingerprint density at radius 2 is 2.05 bits per heavy atom. The molecule has 0 unspecified atom stereocenters. The van der Waals surface area contributed by atoms with E-state index in [9.17, 15) is 4.39 Å². The van der Waals surface area contributed by atoms with Gasteiger partial charge in [-0.15, -0.1) is 5.10 Å². The molecule has 1 N–H and O–H groups in total. The van der Waals surface area contributed by atoms with E-state index in [4.69, 9.17) is 0 Å². The van der Waals surface area contributed by atoms with Crippen LogP contribution in [0.4, 0.5) is 4.39 Å². The summed E-state index contributed by atoms with van der Waals surface area (Å²) in [4.78, 5) is 0. The highest BCUT2D eigenvalue weighted by Crippen LogP contribution is 2.39. The first-order valence-electron chi connectivity index (χ1n) is 7.02. The minimum atomic E-state index is -0.979. The second kappa shape index (κ2) is 4.25. The highest BCUT2D eigenvalue weighted by Gasteiger charge is 2.47. The van der Waals surface area contributed by atoms with E-state index in [1.165, 1.54) is 0 Å². The molecule has 0 aliphatic carbocycles. The molecule has 1 aliphatic rings. The van der Waals surface area contributed by atoms with Gasteiger partial charge in [-0.25, -0.2) is 4.39 Å². The van der Waals surface area contributed by atoms with E-state index in [0.29, 0.717) is 0 Å². The van der Waals surface area contributed by atoms with Crippen molar-refractivity contribution in [3.63, 3.8) is 0 Å². The number of hydrogen-bond acceptors (Lipinski definition) is 3. The summed E-state index contributed by atoms with van der Waals surface area (Å²) in [6.45, 7) is 8.07. The lowest BCUT2D eigenvalue weighted by atomic mass is 9.78. The summed E-state index contributed by atoms with van der Waals surface area (Å²) >= 11 is 0. The molecule has 3 heterocycles. The van der Waals surface area contributed by atoms with Crippen LogP contribution in [0.1, 0.15) is 40.2 Å².